The molecule has 0 atom stereocenters. The molecule has 0 bridgehead atoms. The maximum atomic E-state index is 13.4. The standard InChI is InChI=1S/C12H12FN3/c1-7-2-3-8(6-10(7)13)9-4-5-16-12(15)11(9)14/h2-6H,14H2,1H3,(H2,15,16). The molecular formula is C12H12FN3. The van der Waals surface area contributed by atoms with Gasteiger partial charge < -0.3 is 11.5 Å². The van der Waals surface area contributed by atoms with Crippen LogP contribution in [0, 0.1) is 12.7 Å². The largest absolute Gasteiger partial charge is 0.395 e. The second kappa shape index (κ2) is 3.81. The first-order chi connectivity index (χ1) is 7.59. The van der Waals surface area contributed by atoms with Crippen LogP contribution in [0.4, 0.5) is 15.9 Å². The van der Waals surface area contributed by atoms with Crippen LogP contribution in [-0.4, -0.2) is 4.98 Å². The number of nitrogens with two attached hydrogens (primary N) is 2. The number of halogens is 1. The Morgan fingerprint density at radius 3 is 2.62 bits per heavy atom. The zero-order valence-corrected chi connectivity index (χ0v) is 8.87. The van der Waals surface area contributed by atoms with Gasteiger partial charge in [0.05, 0.1) is 5.69 Å². The summed E-state index contributed by atoms with van der Waals surface area (Å²) < 4.78 is 13.4. The summed E-state index contributed by atoms with van der Waals surface area (Å²) in [5.41, 5.74) is 13.8. The predicted molar refractivity (Wildman–Crippen MR) is 63.2 cm³/mol. The van der Waals surface area contributed by atoms with E-state index in [2.05, 4.69) is 4.98 Å². The van der Waals surface area contributed by atoms with E-state index >= 15 is 0 Å². The number of hydrogen-bond acceptors (Lipinski definition) is 3. The van der Waals surface area contributed by atoms with Crippen LogP contribution in [0.2, 0.25) is 0 Å². The maximum Gasteiger partial charge on any atom is 0.147 e. The zero-order valence-electron chi connectivity index (χ0n) is 8.87. The van der Waals surface area contributed by atoms with Crippen LogP contribution < -0.4 is 11.5 Å². The fraction of sp³-hybridized carbons (Fsp3) is 0.0833. The van der Waals surface area contributed by atoms with Crippen molar-refractivity contribution in [2.45, 2.75) is 6.92 Å². The molecule has 82 valence electrons. The van der Waals surface area contributed by atoms with Gasteiger partial charge in [-0.05, 0) is 30.2 Å². The Labute approximate surface area is 92.9 Å². The second-order valence-electron chi connectivity index (χ2n) is 3.62. The highest BCUT2D eigenvalue weighted by atomic mass is 19.1. The third-order valence-corrected chi connectivity index (χ3v) is 2.50. The first-order valence-electron chi connectivity index (χ1n) is 4.86. The number of rotatable bonds is 1. The summed E-state index contributed by atoms with van der Waals surface area (Å²) in [5, 5.41) is 0. The number of hydrogen-bond donors (Lipinski definition) is 2. The number of anilines is 2. The number of nitrogens with zero attached hydrogens (tertiary/aromatic N) is 1. The molecule has 0 fully saturated rings. The minimum Gasteiger partial charge on any atom is -0.395 e. The van der Waals surface area contributed by atoms with Crippen molar-refractivity contribution in [3.8, 4) is 11.1 Å². The molecule has 1 aromatic carbocycles. The van der Waals surface area contributed by atoms with Crippen molar-refractivity contribution in [3.63, 3.8) is 0 Å². The summed E-state index contributed by atoms with van der Waals surface area (Å²) in [5.74, 6) is 0.00534. The van der Waals surface area contributed by atoms with Crippen LogP contribution in [0.15, 0.2) is 30.5 Å². The summed E-state index contributed by atoms with van der Waals surface area (Å²) in [6.07, 6.45) is 1.55. The van der Waals surface area contributed by atoms with Gasteiger partial charge in [-0.15, -0.1) is 0 Å². The van der Waals surface area contributed by atoms with Gasteiger partial charge in [-0.3, -0.25) is 0 Å². The van der Waals surface area contributed by atoms with Crippen molar-refractivity contribution in [1.29, 1.82) is 0 Å². The Morgan fingerprint density at radius 1 is 1.19 bits per heavy atom. The van der Waals surface area contributed by atoms with E-state index in [0.717, 1.165) is 0 Å². The molecule has 0 aliphatic rings. The molecule has 0 saturated heterocycles. The van der Waals surface area contributed by atoms with Crippen LogP contribution in [0.1, 0.15) is 5.56 Å². The number of pyridine rings is 1. The van der Waals surface area contributed by atoms with Gasteiger partial charge in [0.2, 0.25) is 0 Å². The average molecular weight is 217 g/mol. The van der Waals surface area contributed by atoms with Gasteiger partial charge in [0.15, 0.2) is 0 Å². The van der Waals surface area contributed by atoms with Gasteiger partial charge in [0, 0.05) is 11.8 Å². The molecular weight excluding hydrogens is 205 g/mol. The Hall–Kier alpha value is -2.10. The molecule has 0 radical (unpaired) electrons. The van der Waals surface area contributed by atoms with Crippen molar-refractivity contribution in [2.75, 3.05) is 11.5 Å². The maximum absolute atomic E-state index is 13.4. The Bertz CT molecular complexity index is 538. The van der Waals surface area contributed by atoms with Gasteiger partial charge in [0.1, 0.15) is 11.6 Å². The third kappa shape index (κ3) is 1.69. The quantitative estimate of drug-likeness (QED) is 0.770. The summed E-state index contributed by atoms with van der Waals surface area (Å²) in [6, 6.07) is 6.68. The monoisotopic (exact) mass is 217 g/mol. The Kier molecular flexibility index (Phi) is 2.48. The molecule has 0 saturated carbocycles. The van der Waals surface area contributed by atoms with Crippen molar-refractivity contribution >= 4 is 11.5 Å². The molecule has 2 rings (SSSR count). The SMILES string of the molecule is Cc1ccc(-c2ccnc(N)c2N)cc1F. The molecule has 1 heterocycles. The third-order valence-electron chi connectivity index (χ3n) is 2.50. The van der Waals surface area contributed by atoms with Crippen LogP contribution >= 0.6 is 0 Å². The molecule has 0 aliphatic heterocycles. The number of benzene rings is 1. The fourth-order valence-corrected chi connectivity index (χ4v) is 1.50. The molecule has 2 aromatic rings. The highest BCUT2D eigenvalue weighted by Gasteiger charge is 2.07. The van der Waals surface area contributed by atoms with E-state index in [-0.39, 0.29) is 11.6 Å². The molecule has 4 heteroatoms. The first kappa shape index (κ1) is 10.4. The van der Waals surface area contributed by atoms with E-state index in [1.807, 2.05) is 6.07 Å². The van der Waals surface area contributed by atoms with Gasteiger partial charge in [-0.25, -0.2) is 9.37 Å². The van der Waals surface area contributed by atoms with Crippen molar-refractivity contribution < 1.29 is 4.39 Å². The topological polar surface area (TPSA) is 64.9 Å². The lowest BCUT2D eigenvalue weighted by Crippen LogP contribution is -1.99. The lowest BCUT2D eigenvalue weighted by molar-refractivity contribution is 0.619. The van der Waals surface area contributed by atoms with E-state index in [0.29, 0.717) is 22.4 Å². The highest BCUT2D eigenvalue weighted by Crippen LogP contribution is 2.29. The average Bonchev–Trinajstić information content (AvgIpc) is 2.26. The Morgan fingerprint density at radius 2 is 1.94 bits per heavy atom. The zero-order chi connectivity index (χ0) is 11.7. The van der Waals surface area contributed by atoms with E-state index in [1.165, 1.54) is 6.07 Å². The first-order valence-corrected chi connectivity index (χ1v) is 4.86. The van der Waals surface area contributed by atoms with Crippen LogP contribution in [0.5, 0.6) is 0 Å². The van der Waals surface area contributed by atoms with Crippen LogP contribution in [0.3, 0.4) is 0 Å². The minimum atomic E-state index is -0.257. The highest BCUT2D eigenvalue weighted by molar-refractivity contribution is 5.82. The molecule has 3 nitrogen and oxygen atoms in total. The van der Waals surface area contributed by atoms with Gasteiger partial charge in [-0.2, -0.15) is 0 Å². The summed E-state index contributed by atoms with van der Waals surface area (Å²) >= 11 is 0. The second-order valence-corrected chi connectivity index (χ2v) is 3.62. The molecule has 1 aromatic heterocycles. The molecule has 0 unspecified atom stereocenters. The fourth-order valence-electron chi connectivity index (χ4n) is 1.50. The van der Waals surface area contributed by atoms with E-state index < -0.39 is 0 Å². The van der Waals surface area contributed by atoms with Crippen LogP contribution in [-0.2, 0) is 0 Å². The van der Waals surface area contributed by atoms with E-state index in [1.54, 1.807) is 25.3 Å². The molecule has 16 heavy (non-hydrogen) atoms. The van der Waals surface area contributed by atoms with Crippen molar-refractivity contribution in [3.05, 3.63) is 41.8 Å². The van der Waals surface area contributed by atoms with E-state index in [9.17, 15) is 4.39 Å². The van der Waals surface area contributed by atoms with Gasteiger partial charge in [0.25, 0.3) is 0 Å². The van der Waals surface area contributed by atoms with Crippen LogP contribution in [0.25, 0.3) is 11.1 Å². The normalized spacial score (nSPS) is 10.4. The van der Waals surface area contributed by atoms with E-state index in [4.69, 9.17) is 11.5 Å². The summed E-state index contributed by atoms with van der Waals surface area (Å²) in [4.78, 5) is 3.86. The molecule has 0 spiro atoms. The van der Waals surface area contributed by atoms with Crippen molar-refractivity contribution in [1.82, 2.24) is 4.98 Å². The molecule has 4 N–H and O–H groups in total. The number of aromatic nitrogens is 1. The minimum absolute atomic E-state index is 0.257. The number of aryl methyl sites for hydroxylation is 1. The van der Waals surface area contributed by atoms with Gasteiger partial charge in [-0.1, -0.05) is 12.1 Å². The number of nitrogen functional groups attached to an aromatic ring is 2. The summed E-state index contributed by atoms with van der Waals surface area (Å²) in [6.45, 7) is 1.71. The van der Waals surface area contributed by atoms with Gasteiger partial charge >= 0.3 is 0 Å². The Balaban J connectivity index is 2.59. The predicted octanol–water partition coefficient (Wildman–Crippen LogP) is 2.36. The summed E-state index contributed by atoms with van der Waals surface area (Å²) in [7, 11) is 0. The smallest absolute Gasteiger partial charge is 0.147 e. The molecule has 0 amide bonds. The molecule has 0 aliphatic carbocycles. The lowest BCUT2D eigenvalue weighted by atomic mass is 10.0. The van der Waals surface area contributed by atoms with Crippen molar-refractivity contribution in [2.24, 2.45) is 0 Å². The lowest BCUT2D eigenvalue weighted by Gasteiger charge is -2.08.